The maximum atomic E-state index is 13.5. The largest absolute Gasteiger partial charge is 0.380 e. The summed E-state index contributed by atoms with van der Waals surface area (Å²) in [6.07, 6.45) is 4.63. The molecule has 6 nitrogen and oxygen atoms in total. The fraction of sp³-hybridized carbons (Fsp3) is 0.235. The summed E-state index contributed by atoms with van der Waals surface area (Å²) < 4.78 is 0. The normalized spacial score (nSPS) is 14.3. The number of pyridine rings is 1. The molecule has 1 unspecified atom stereocenters. The molecule has 0 bridgehead atoms. The Morgan fingerprint density at radius 3 is 2.20 bits per heavy atom. The number of Topliss-reactive ketones (excluding diaryl/α,β-unsaturated/α-hetero) is 2. The van der Waals surface area contributed by atoms with E-state index in [2.05, 4.69) is 4.98 Å². The number of rotatable bonds is 9. The fourth-order valence-corrected chi connectivity index (χ4v) is 5.45. The number of nitrogens with zero attached hydrogens (tertiary/aromatic N) is 2. The molecule has 7 heteroatoms. The van der Waals surface area contributed by atoms with Crippen molar-refractivity contribution in [3.63, 3.8) is 0 Å². The van der Waals surface area contributed by atoms with Crippen molar-refractivity contribution < 1.29 is 19.5 Å². The predicted molar refractivity (Wildman–Crippen MR) is 160 cm³/mol. The summed E-state index contributed by atoms with van der Waals surface area (Å²) in [6, 6.07) is 23.9. The van der Waals surface area contributed by atoms with Gasteiger partial charge in [0.15, 0.2) is 11.6 Å². The Balaban J connectivity index is 1.45. The fourth-order valence-electron chi connectivity index (χ4n) is 5.32. The van der Waals surface area contributed by atoms with Gasteiger partial charge >= 0.3 is 0 Å². The Morgan fingerprint density at radius 1 is 0.854 bits per heavy atom. The summed E-state index contributed by atoms with van der Waals surface area (Å²) in [5.74, 6) is -1.15. The smallest absolute Gasteiger partial charge is 0.211 e. The number of hydrogen-bond acceptors (Lipinski definition) is 6. The summed E-state index contributed by atoms with van der Waals surface area (Å²) in [6.45, 7) is 0. The molecule has 1 fully saturated rings. The molecule has 5 rings (SSSR count). The van der Waals surface area contributed by atoms with Gasteiger partial charge in [0.25, 0.3) is 0 Å². The van der Waals surface area contributed by atoms with E-state index in [-0.39, 0.29) is 39.9 Å². The molecule has 41 heavy (non-hydrogen) atoms. The number of carbonyl (C=O) groups excluding carboxylic acids is 3. The number of aliphatic hydroxyl groups excluding tert-OH is 1. The highest BCUT2D eigenvalue weighted by atomic mass is 35.5. The SMILES string of the molecule is CN(c1ccc(Cl)cc1)c1ccc(C(=O)c2ccc(C(=O)C3CCCCC3)c(C(O)C(=O)c3ccccc3)c2)nc1. The molecule has 1 aromatic heterocycles. The van der Waals surface area contributed by atoms with E-state index in [1.165, 1.54) is 6.07 Å². The second kappa shape index (κ2) is 12.6. The first-order chi connectivity index (χ1) is 19.8. The van der Waals surface area contributed by atoms with Crippen molar-refractivity contribution in [3.05, 3.63) is 124 Å². The third-order valence-corrected chi connectivity index (χ3v) is 7.99. The Kier molecular flexibility index (Phi) is 8.72. The highest BCUT2D eigenvalue weighted by molar-refractivity contribution is 6.30. The number of hydrogen-bond donors (Lipinski definition) is 1. The van der Waals surface area contributed by atoms with Crippen LogP contribution in [0, 0.1) is 5.92 Å². The molecule has 1 N–H and O–H groups in total. The van der Waals surface area contributed by atoms with Crippen molar-refractivity contribution in [2.45, 2.75) is 38.2 Å². The van der Waals surface area contributed by atoms with Crippen molar-refractivity contribution in [3.8, 4) is 0 Å². The molecule has 0 radical (unpaired) electrons. The van der Waals surface area contributed by atoms with E-state index < -0.39 is 11.9 Å². The molecule has 1 aliphatic carbocycles. The zero-order valence-corrected chi connectivity index (χ0v) is 23.6. The zero-order valence-electron chi connectivity index (χ0n) is 22.8. The van der Waals surface area contributed by atoms with Crippen molar-refractivity contribution >= 4 is 40.3 Å². The highest BCUT2D eigenvalue weighted by Crippen LogP contribution is 2.32. The summed E-state index contributed by atoms with van der Waals surface area (Å²) in [7, 11) is 1.89. The summed E-state index contributed by atoms with van der Waals surface area (Å²) in [4.78, 5) is 46.6. The third-order valence-electron chi connectivity index (χ3n) is 7.74. The summed E-state index contributed by atoms with van der Waals surface area (Å²) >= 11 is 6.00. The van der Waals surface area contributed by atoms with E-state index in [4.69, 9.17) is 11.6 Å². The molecule has 1 atom stereocenters. The van der Waals surface area contributed by atoms with Crippen molar-refractivity contribution in [2.75, 3.05) is 11.9 Å². The molecule has 0 spiro atoms. The topological polar surface area (TPSA) is 87.6 Å². The average molecular weight is 567 g/mol. The van der Waals surface area contributed by atoms with Crippen LogP contribution >= 0.6 is 11.6 Å². The van der Waals surface area contributed by atoms with Gasteiger partial charge in [-0.15, -0.1) is 0 Å². The van der Waals surface area contributed by atoms with Gasteiger partial charge < -0.3 is 10.0 Å². The Hall–Kier alpha value is -4.13. The molecule has 1 heterocycles. The Bertz CT molecular complexity index is 1550. The lowest BCUT2D eigenvalue weighted by atomic mass is 9.81. The molecule has 0 aliphatic heterocycles. The number of benzene rings is 3. The maximum Gasteiger partial charge on any atom is 0.211 e. The van der Waals surface area contributed by atoms with Gasteiger partial charge in [-0.3, -0.25) is 19.4 Å². The van der Waals surface area contributed by atoms with Crippen LogP contribution in [0.1, 0.15) is 80.5 Å². The third kappa shape index (κ3) is 6.29. The van der Waals surface area contributed by atoms with E-state index in [0.29, 0.717) is 10.6 Å². The number of aliphatic hydroxyl groups is 1. The van der Waals surface area contributed by atoms with E-state index in [1.54, 1.807) is 72.9 Å². The van der Waals surface area contributed by atoms with Gasteiger partial charge in [0.2, 0.25) is 5.78 Å². The van der Waals surface area contributed by atoms with E-state index in [0.717, 1.165) is 43.5 Å². The van der Waals surface area contributed by atoms with E-state index >= 15 is 0 Å². The maximum absolute atomic E-state index is 13.5. The quantitative estimate of drug-likeness (QED) is 0.212. The summed E-state index contributed by atoms with van der Waals surface area (Å²) in [5, 5.41) is 11.9. The van der Waals surface area contributed by atoms with Crippen LogP contribution < -0.4 is 4.90 Å². The van der Waals surface area contributed by atoms with Gasteiger partial charge in [-0.25, -0.2) is 0 Å². The predicted octanol–water partition coefficient (Wildman–Crippen LogP) is 7.41. The van der Waals surface area contributed by atoms with Gasteiger partial charge in [-0.1, -0.05) is 73.3 Å². The minimum absolute atomic E-state index is 0.0914. The molecular formula is C34H31ClN2O4. The van der Waals surface area contributed by atoms with E-state index in [9.17, 15) is 19.5 Å². The first-order valence-electron chi connectivity index (χ1n) is 13.8. The van der Waals surface area contributed by atoms with Gasteiger partial charge in [-0.05, 0) is 60.9 Å². The van der Waals surface area contributed by atoms with Crippen LogP contribution in [0.25, 0.3) is 0 Å². The minimum Gasteiger partial charge on any atom is -0.380 e. The van der Waals surface area contributed by atoms with Crippen LogP contribution in [0.4, 0.5) is 11.4 Å². The molecule has 1 saturated carbocycles. The molecular weight excluding hydrogens is 536 g/mol. The van der Waals surface area contributed by atoms with Gasteiger partial charge in [0.05, 0.1) is 11.9 Å². The Labute approximate surface area is 244 Å². The van der Waals surface area contributed by atoms with Gasteiger partial charge in [-0.2, -0.15) is 0 Å². The first-order valence-corrected chi connectivity index (χ1v) is 14.2. The number of ketones is 3. The minimum atomic E-state index is -1.59. The molecule has 4 aromatic rings. The van der Waals surface area contributed by atoms with Gasteiger partial charge in [0.1, 0.15) is 11.8 Å². The number of anilines is 2. The molecule has 208 valence electrons. The standard InChI is InChI=1S/C34H31ClN2O4/c1-37(26-15-13-25(35)14-16-26)27-17-19-30(36-21-27)32(39)24-12-18-28(31(38)22-8-4-2-5-9-22)29(20-24)34(41)33(40)23-10-6-3-7-11-23/h3,6-7,10-22,34,41H,2,4-5,8-9H2,1H3. The van der Waals surface area contributed by atoms with Crippen molar-refractivity contribution in [1.82, 2.24) is 4.98 Å². The highest BCUT2D eigenvalue weighted by Gasteiger charge is 2.30. The van der Waals surface area contributed by atoms with Crippen molar-refractivity contribution in [2.24, 2.45) is 5.92 Å². The lowest BCUT2D eigenvalue weighted by Crippen LogP contribution is -2.22. The zero-order chi connectivity index (χ0) is 28.9. The van der Waals surface area contributed by atoms with Crippen LogP contribution in [0.5, 0.6) is 0 Å². The van der Waals surface area contributed by atoms with Crippen LogP contribution in [-0.4, -0.2) is 34.5 Å². The van der Waals surface area contributed by atoms with Crippen LogP contribution in [0.2, 0.25) is 5.02 Å². The lowest BCUT2D eigenvalue weighted by molar-refractivity contribution is 0.0740. The second-order valence-corrected chi connectivity index (χ2v) is 10.8. The summed E-state index contributed by atoms with van der Waals surface area (Å²) in [5.41, 5.74) is 2.91. The Morgan fingerprint density at radius 2 is 1.54 bits per heavy atom. The van der Waals surface area contributed by atoms with Crippen molar-refractivity contribution in [1.29, 1.82) is 0 Å². The number of aromatic nitrogens is 1. The monoisotopic (exact) mass is 566 g/mol. The molecule has 1 aliphatic rings. The number of halogens is 1. The van der Waals surface area contributed by atoms with E-state index in [1.807, 2.05) is 24.1 Å². The van der Waals surface area contributed by atoms with Gasteiger partial charge in [0, 0.05) is 40.4 Å². The molecule has 0 saturated heterocycles. The molecule has 0 amide bonds. The second-order valence-electron chi connectivity index (χ2n) is 10.4. The number of carbonyl (C=O) groups is 3. The van der Waals surface area contributed by atoms with Crippen LogP contribution in [0.15, 0.2) is 91.1 Å². The van der Waals surface area contributed by atoms with Crippen LogP contribution in [0.3, 0.4) is 0 Å². The van der Waals surface area contributed by atoms with Crippen LogP contribution in [-0.2, 0) is 0 Å². The first kappa shape index (κ1) is 28.4. The average Bonchev–Trinajstić information content (AvgIpc) is 3.04. The molecule has 3 aromatic carbocycles. The lowest BCUT2D eigenvalue weighted by Gasteiger charge is -2.23.